The summed E-state index contributed by atoms with van der Waals surface area (Å²) in [5.41, 5.74) is 6.13. The van der Waals surface area contributed by atoms with Crippen molar-refractivity contribution in [1.82, 2.24) is 20.5 Å². The van der Waals surface area contributed by atoms with Crippen LogP contribution in [-0.2, 0) is 35.8 Å². The van der Waals surface area contributed by atoms with Gasteiger partial charge >= 0.3 is 6.03 Å². The van der Waals surface area contributed by atoms with Crippen molar-refractivity contribution in [2.24, 2.45) is 11.0 Å². The number of carbonyl (C=O) groups excluding carboxylic acids is 4. The molecule has 5 rings (SSSR count). The molecule has 0 bridgehead atoms. The summed E-state index contributed by atoms with van der Waals surface area (Å²) in [4.78, 5) is 52.1. The number of hydrazone groups is 1. The van der Waals surface area contributed by atoms with Gasteiger partial charge in [-0.05, 0) is 47.4 Å². The molecule has 1 unspecified atom stereocenters. The molecule has 3 aromatic rings. The topological polar surface area (TPSA) is 127 Å². The second-order valence-electron chi connectivity index (χ2n) is 12.7. The van der Waals surface area contributed by atoms with Gasteiger partial charge in [0.15, 0.2) is 12.4 Å². The van der Waals surface area contributed by atoms with Gasteiger partial charge in [-0.1, -0.05) is 55.3 Å². The molecule has 0 fully saturated rings. The van der Waals surface area contributed by atoms with E-state index < -0.39 is 0 Å². The van der Waals surface area contributed by atoms with E-state index >= 15 is 0 Å². The third kappa shape index (κ3) is 10.1. The number of rotatable bonds is 15. The molecular weight excluding hydrogens is 671 g/mol. The van der Waals surface area contributed by atoms with Crippen LogP contribution < -0.4 is 20.5 Å². The van der Waals surface area contributed by atoms with Gasteiger partial charge in [-0.2, -0.15) is 5.10 Å². The lowest BCUT2D eigenvalue weighted by Gasteiger charge is -2.28. The Hall–Kier alpha value is -4.36. The average Bonchev–Trinajstić information content (AvgIpc) is 3.55. The first-order chi connectivity index (χ1) is 24.2. The van der Waals surface area contributed by atoms with Crippen molar-refractivity contribution in [2.45, 2.75) is 72.1 Å². The van der Waals surface area contributed by atoms with Gasteiger partial charge in [0.1, 0.15) is 6.54 Å². The number of amides is 5. The minimum absolute atomic E-state index is 0.0230. The SMILES string of the molecule is CCCC[n+]1ccc2c(c1)CN(C(=O)Nc1ccc(C3=NN(Cc4ccc(C(=O)NCCCNC(=O)CCSS)cc4)C(=O)CC3C)cc1)C2. The zero-order valence-electron chi connectivity index (χ0n) is 28.7. The summed E-state index contributed by atoms with van der Waals surface area (Å²) < 4.78 is 2.20. The van der Waals surface area contributed by atoms with E-state index in [0.717, 1.165) is 36.2 Å². The van der Waals surface area contributed by atoms with Crippen LogP contribution in [-0.4, -0.2) is 58.2 Å². The number of nitrogens with one attached hydrogen (secondary N) is 3. The fourth-order valence-corrected chi connectivity index (χ4v) is 6.48. The smallest absolute Gasteiger partial charge is 0.322 e. The summed E-state index contributed by atoms with van der Waals surface area (Å²) >= 11 is 4.03. The molecule has 13 heteroatoms. The summed E-state index contributed by atoms with van der Waals surface area (Å²) in [6.07, 6.45) is 7.90. The number of thiol groups is 1. The number of anilines is 1. The number of aryl methyl sites for hydroxylation is 1. The molecule has 0 radical (unpaired) electrons. The summed E-state index contributed by atoms with van der Waals surface area (Å²) in [6.45, 7) is 7.54. The third-order valence-electron chi connectivity index (χ3n) is 8.81. The van der Waals surface area contributed by atoms with Gasteiger partial charge in [-0.25, -0.2) is 14.4 Å². The molecule has 3 N–H and O–H groups in total. The third-order valence-corrected chi connectivity index (χ3v) is 9.74. The van der Waals surface area contributed by atoms with Crippen LogP contribution in [0.4, 0.5) is 10.5 Å². The van der Waals surface area contributed by atoms with Crippen molar-refractivity contribution in [3.8, 4) is 0 Å². The lowest BCUT2D eigenvalue weighted by atomic mass is 9.93. The van der Waals surface area contributed by atoms with Crippen molar-refractivity contribution >= 4 is 57.6 Å². The highest BCUT2D eigenvalue weighted by Crippen LogP contribution is 2.25. The second-order valence-corrected chi connectivity index (χ2v) is 14.2. The molecule has 0 saturated heterocycles. The Kier molecular flexibility index (Phi) is 13.3. The van der Waals surface area contributed by atoms with Gasteiger partial charge < -0.3 is 20.9 Å². The van der Waals surface area contributed by atoms with Crippen LogP contribution in [0.3, 0.4) is 0 Å². The molecule has 1 aromatic heterocycles. The van der Waals surface area contributed by atoms with Crippen molar-refractivity contribution < 1.29 is 23.7 Å². The van der Waals surface area contributed by atoms with Crippen LogP contribution in [0.1, 0.15) is 78.6 Å². The number of unbranched alkanes of at least 4 members (excludes halogenated alkanes) is 1. The quantitative estimate of drug-likeness (QED) is 0.0736. The fourth-order valence-electron chi connectivity index (χ4n) is 5.93. The van der Waals surface area contributed by atoms with Crippen LogP contribution in [0, 0.1) is 5.92 Å². The maximum absolute atomic E-state index is 13.1. The first-order valence-corrected chi connectivity index (χ1v) is 19.2. The van der Waals surface area contributed by atoms with Crippen molar-refractivity contribution in [3.63, 3.8) is 0 Å². The minimum atomic E-state index is -0.196. The Morgan fingerprint density at radius 2 is 1.72 bits per heavy atom. The summed E-state index contributed by atoms with van der Waals surface area (Å²) in [7, 11) is 1.33. The number of fused-ring (bicyclic) bond motifs is 1. The molecule has 2 aromatic carbocycles. The summed E-state index contributed by atoms with van der Waals surface area (Å²) in [5.74, 6) is 0.314. The lowest BCUT2D eigenvalue weighted by molar-refractivity contribution is -0.697. The Morgan fingerprint density at radius 1 is 0.980 bits per heavy atom. The van der Waals surface area contributed by atoms with E-state index in [1.807, 2.05) is 48.2 Å². The molecule has 11 nitrogen and oxygen atoms in total. The molecule has 1 atom stereocenters. The van der Waals surface area contributed by atoms with E-state index in [0.29, 0.717) is 62.4 Å². The maximum atomic E-state index is 13.1. The Labute approximate surface area is 303 Å². The molecular formula is C37H46N7O4S2+. The number of urea groups is 1. The van der Waals surface area contributed by atoms with Crippen molar-refractivity contribution in [2.75, 3.05) is 24.2 Å². The highest BCUT2D eigenvalue weighted by atomic mass is 33.1. The van der Waals surface area contributed by atoms with E-state index in [9.17, 15) is 19.2 Å². The molecule has 2 aliphatic rings. The van der Waals surface area contributed by atoms with Gasteiger partial charge in [0.25, 0.3) is 5.91 Å². The van der Waals surface area contributed by atoms with Gasteiger partial charge in [-0.15, -0.1) is 11.7 Å². The predicted octanol–water partition coefficient (Wildman–Crippen LogP) is 5.30. The van der Waals surface area contributed by atoms with Crippen LogP contribution in [0.25, 0.3) is 0 Å². The molecule has 0 aliphatic carbocycles. The molecule has 5 amide bonds. The number of benzene rings is 2. The monoisotopic (exact) mass is 716 g/mol. The van der Waals surface area contributed by atoms with Crippen LogP contribution in [0.15, 0.2) is 72.1 Å². The highest BCUT2D eigenvalue weighted by Gasteiger charge is 2.28. The van der Waals surface area contributed by atoms with Gasteiger partial charge in [0.05, 0.1) is 18.8 Å². The number of nitrogens with zero attached hydrogens (tertiary/aromatic N) is 4. The Bertz CT molecular complexity index is 1700. The first kappa shape index (κ1) is 36.9. The second kappa shape index (κ2) is 18.0. The largest absolute Gasteiger partial charge is 0.356 e. The molecule has 264 valence electrons. The van der Waals surface area contributed by atoms with Crippen LogP contribution >= 0.6 is 22.5 Å². The van der Waals surface area contributed by atoms with Crippen LogP contribution in [0.2, 0.25) is 0 Å². The molecule has 0 saturated carbocycles. The first-order valence-electron chi connectivity index (χ1n) is 17.2. The summed E-state index contributed by atoms with van der Waals surface area (Å²) in [5, 5.41) is 15.0. The number of pyridine rings is 1. The average molecular weight is 717 g/mol. The van der Waals surface area contributed by atoms with E-state index in [1.54, 1.807) is 12.1 Å². The summed E-state index contributed by atoms with van der Waals surface area (Å²) in [6, 6.07) is 16.7. The number of hydrogen-bond donors (Lipinski definition) is 4. The fraction of sp³-hybridized carbons (Fsp3) is 0.405. The molecule has 2 aliphatic heterocycles. The predicted molar refractivity (Wildman–Crippen MR) is 200 cm³/mol. The zero-order valence-corrected chi connectivity index (χ0v) is 30.4. The van der Waals surface area contributed by atoms with E-state index in [-0.39, 0.29) is 36.2 Å². The standard InChI is InChI=1S/C37H45N7O4S2/c1-3-4-18-42-19-14-30-24-43(25-31(30)23-42)37(48)40-32-12-10-28(11-13-32)35-26(2)21-34(46)44(41-35)22-27-6-8-29(9-7-27)36(47)39-17-5-16-38-33(45)15-20-50-49/h6-14,19,23,26H,3-5,15-18,20-22,24-25H2,1-2H3,(H3-,38,39,40,45,47,48,49)/p+1. The highest BCUT2D eigenvalue weighted by molar-refractivity contribution is 8.68. The zero-order chi connectivity index (χ0) is 35.5. The van der Waals surface area contributed by atoms with E-state index in [4.69, 9.17) is 5.10 Å². The van der Waals surface area contributed by atoms with Crippen molar-refractivity contribution in [1.29, 1.82) is 0 Å². The van der Waals surface area contributed by atoms with Gasteiger partial charge in [0.2, 0.25) is 11.8 Å². The van der Waals surface area contributed by atoms with Crippen molar-refractivity contribution in [3.05, 3.63) is 94.8 Å². The Morgan fingerprint density at radius 3 is 2.46 bits per heavy atom. The Balaban J connectivity index is 1.12. The normalized spacial score (nSPS) is 15.4. The van der Waals surface area contributed by atoms with Gasteiger partial charge in [-0.3, -0.25) is 14.4 Å². The maximum Gasteiger partial charge on any atom is 0.322 e. The van der Waals surface area contributed by atoms with Crippen LogP contribution in [0.5, 0.6) is 0 Å². The van der Waals surface area contributed by atoms with E-state index in [2.05, 4.69) is 57.6 Å². The molecule has 3 heterocycles. The number of hydrogen-bond acceptors (Lipinski definition) is 7. The van der Waals surface area contributed by atoms with E-state index in [1.165, 1.54) is 26.9 Å². The van der Waals surface area contributed by atoms with Gasteiger partial charge in [0, 0.05) is 73.4 Å². The molecule has 50 heavy (non-hydrogen) atoms. The number of aromatic nitrogens is 1. The molecule has 0 spiro atoms. The number of carbonyl (C=O) groups is 4. The minimum Gasteiger partial charge on any atom is -0.356 e. The lowest BCUT2D eigenvalue weighted by Crippen LogP contribution is -2.36.